The van der Waals surface area contributed by atoms with Gasteiger partial charge in [-0.25, -0.2) is 0 Å². The highest BCUT2D eigenvalue weighted by molar-refractivity contribution is 7.99. The molecular weight excluding hydrogens is 286 g/mol. The predicted octanol–water partition coefficient (Wildman–Crippen LogP) is 0.846. The highest BCUT2D eigenvalue weighted by Crippen LogP contribution is 2.19. The van der Waals surface area contributed by atoms with Crippen LogP contribution in [-0.4, -0.2) is 60.4 Å². The summed E-state index contributed by atoms with van der Waals surface area (Å²) >= 11 is 1.91. The van der Waals surface area contributed by atoms with E-state index >= 15 is 0 Å². The number of rotatable bonds is 5. The van der Waals surface area contributed by atoms with Gasteiger partial charge in [0.15, 0.2) is 0 Å². The Morgan fingerprint density at radius 3 is 3.00 bits per heavy atom. The van der Waals surface area contributed by atoms with E-state index in [0.29, 0.717) is 19.0 Å². The van der Waals surface area contributed by atoms with Gasteiger partial charge < -0.3 is 15.5 Å². The van der Waals surface area contributed by atoms with Crippen LogP contribution in [0.15, 0.2) is 0 Å². The fourth-order valence-electron chi connectivity index (χ4n) is 2.90. The van der Waals surface area contributed by atoms with Crippen molar-refractivity contribution in [2.45, 2.75) is 38.6 Å². The summed E-state index contributed by atoms with van der Waals surface area (Å²) in [6, 6.07) is 0.297. The van der Waals surface area contributed by atoms with E-state index in [0.717, 1.165) is 50.4 Å². The van der Waals surface area contributed by atoms with Crippen molar-refractivity contribution >= 4 is 23.6 Å². The summed E-state index contributed by atoms with van der Waals surface area (Å²) in [5.41, 5.74) is 0. The molecule has 2 amide bonds. The Hall–Kier alpha value is -0.750. The van der Waals surface area contributed by atoms with Crippen LogP contribution in [-0.2, 0) is 9.59 Å². The molecule has 2 unspecified atom stereocenters. The lowest BCUT2D eigenvalue weighted by molar-refractivity contribution is -0.136. The molecule has 2 aliphatic heterocycles. The lowest BCUT2D eigenvalue weighted by Gasteiger charge is -2.33. The molecule has 0 radical (unpaired) electrons. The zero-order valence-electron chi connectivity index (χ0n) is 12.9. The average Bonchev–Trinajstić information content (AvgIpc) is 2.53. The Morgan fingerprint density at radius 1 is 1.43 bits per heavy atom. The fraction of sp³-hybridized carbons (Fsp3) is 0.867. The standard InChI is InChI=1S/C15H27N3O2S/c1-2-5-17-15(20)12-4-3-7-18(10-12)14(19)9-13-11-21-8-6-16-13/h12-13,16H,2-11H2,1H3,(H,17,20). The van der Waals surface area contributed by atoms with E-state index in [1.54, 1.807) is 0 Å². The van der Waals surface area contributed by atoms with Crippen LogP contribution < -0.4 is 10.6 Å². The van der Waals surface area contributed by atoms with Crippen LogP contribution >= 0.6 is 11.8 Å². The molecule has 2 fully saturated rings. The predicted molar refractivity (Wildman–Crippen MR) is 86.3 cm³/mol. The molecule has 0 aliphatic carbocycles. The maximum Gasteiger partial charge on any atom is 0.224 e. The van der Waals surface area contributed by atoms with Gasteiger partial charge in [0.25, 0.3) is 0 Å². The summed E-state index contributed by atoms with van der Waals surface area (Å²) < 4.78 is 0. The first-order valence-electron chi connectivity index (χ1n) is 8.07. The first kappa shape index (κ1) is 16.6. The minimum atomic E-state index is -0.0251. The van der Waals surface area contributed by atoms with Gasteiger partial charge >= 0.3 is 0 Å². The molecule has 0 saturated carbocycles. The minimum absolute atomic E-state index is 0.0251. The lowest BCUT2D eigenvalue weighted by atomic mass is 9.96. The number of hydrogen-bond donors (Lipinski definition) is 2. The van der Waals surface area contributed by atoms with Crippen molar-refractivity contribution in [2.75, 3.05) is 37.7 Å². The summed E-state index contributed by atoms with van der Waals surface area (Å²) in [5.74, 6) is 2.43. The van der Waals surface area contributed by atoms with Gasteiger partial charge in [0.05, 0.1) is 5.92 Å². The second kappa shape index (κ2) is 8.63. The first-order chi connectivity index (χ1) is 10.2. The van der Waals surface area contributed by atoms with E-state index in [2.05, 4.69) is 10.6 Å². The van der Waals surface area contributed by atoms with Crippen molar-refractivity contribution in [2.24, 2.45) is 5.92 Å². The van der Waals surface area contributed by atoms with E-state index in [1.165, 1.54) is 0 Å². The van der Waals surface area contributed by atoms with Gasteiger partial charge in [-0.05, 0) is 19.3 Å². The SMILES string of the molecule is CCCNC(=O)C1CCCN(C(=O)CC2CSCCN2)C1. The number of piperidine rings is 1. The molecule has 2 N–H and O–H groups in total. The molecule has 2 saturated heterocycles. The molecule has 6 heteroatoms. The molecule has 21 heavy (non-hydrogen) atoms. The molecule has 2 rings (SSSR count). The Morgan fingerprint density at radius 2 is 2.29 bits per heavy atom. The number of amides is 2. The van der Waals surface area contributed by atoms with Crippen molar-refractivity contribution in [1.29, 1.82) is 0 Å². The van der Waals surface area contributed by atoms with Crippen LogP contribution in [0.2, 0.25) is 0 Å². The molecule has 2 heterocycles. The highest BCUT2D eigenvalue weighted by Gasteiger charge is 2.29. The molecular formula is C15H27N3O2S. The van der Waals surface area contributed by atoms with Gasteiger partial charge in [-0.1, -0.05) is 6.92 Å². The topological polar surface area (TPSA) is 61.4 Å². The van der Waals surface area contributed by atoms with Crippen molar-refractivity contribution < 1.29 is 9.59 Å². The number of nitrogens with zero attached hydrogens (tertiary/aromatic N) is 1. The number of carbonyl (C=O) groups excluding carboxylic acids is 2. The Balaban J connectivity index is 1.79. The molecule has 0 aromatic heterocycles. The van der Waals surface area contributed by atoms with Crippen molar-refractivity contribution in [3.05, 3.63) is 0 Å². The van der Waals surface area contributed by atoms with E-state index in [9.17, 15) is 9.59 Å². The number of hydrogen-bond acceptors (Lipinski definition) is 4. The Labute approximate surface area is 131 Å². The van der Waals surface area contributed by atoms with Crippen LogP contribution in [0.1, 0.15) is 32.6 Å². The molecule has 0 spiro atoms. The third kappa shape index (κ3) is 5.18. The number of nitrogens with one attached hydrogen (secondary N) is 2. The normalized spacial score (nSPS) is 26.4. The number of likely N-dealkylation sites (tertiary alicyclic amines) is 1. The largest absolute Gasteiger partial charge is 0.356 e. The van der Waals surface area contributed by atoms with Crippen molar-refractivity contribution in [3.63, 3.8) is 0 Å². The van der Waals surface area contributed by atoms with Gasteiger partial charge in [0.2, 0.25) is 11.8 Å². The van der Waals surface area contributed by atoms with Crippen LogP contribution in [0.4, 0.5) is 0 Å². The second-order valence-corrected chi connectivity index (χ2v) is 7.05. The van der Waals surface area contributed by atoms with E-state index in [-0.39, 0.29) is 17.7 Å². The first-order valence-corrected chi connectivity index (χ1v) is 9.22. The minimum Gasteiger partial charge on any atom is -0.356 e. The number of thioether (sulfide) groups is 1. The molecule has 0 aromatic rings. The van der Waals surface area contributed by atoms with Crippen LogP contribution in [0.5, 0.6) is 0 Å². The summed E-state index contributed by atoms with van der Waals surface area (Å²) in [6.45, 7) is 5.16. The molecule has 0 bridgehead atoms. The van der Waals surface area contributed by atoms with Gasteiger partial charge in [-0.15, -0.1) is 0 Å². The van der Waals surface area contributed by atoms with E-state index < -0.39 is 0 Å². The summed E-state index contributed by atoms with van der Waals surface area (Å²) in [4.78, 5) is 26.3. The van der Waals surface area contributed by atoms with Crippen molar-refractivity contribution in [3.8, 4) is 0 Å². The van der Waals surface area contributed by atoms with Gasteiger partial charge in [-0.3, -0.25) is 9.59 Å². The Bertz CT molecular complexity index is 359. The molecule has 2 aliphatic rings. The zero-order chi connectivity index (χ0) is 15.1. The molecule has 5 nitrogen and oxygen atoms in total. The summed E-state index contributed by atoms with van der Waals surface area (Å²) in [5, 5.41) is 6.35. The van der Waals surface area contributed by atoms with Gasteiger partial charge in [0.1, 0.15) is 0 Å². The third-order valence-corrected chi connectivity index (χ3v) is 5.24. The lowest BCUT2D eigenvalue weighted by Crippen LogP contribution is -2.48. The summed E-state index contributed by atoms with van der Waals surface area (Å²) in [6.07, 6.45) is 3.35. The summed E-state index contributed by atoms with van der Waals surface area (Å²) in [7, 11) is 0. The zero-order valence-corrected chi connectivity index (χ0v) is 13.7. The molecule has 2 atom stereocenters. The fourth-order valence-corrected chi connectivity index (χ4v) is 3.85. The maximum atomic E-state index is 12.4. The average molecular weight is 313 g/mol. The monoisotopic (exact) mass is 313 g/mol. The van der Waals surface area contributed by atoms with E-state index in [1.807, 2.05) is 23.6 Å². The smallest absolute Gasteiger partial charge is 0.224 e. The highest BCUT2D eigenvalue weighted by atomic mass is 32.2. The third-order valence-electron chi connectivity index (χ3n) is 4.11. The van der Waals surface area contributed by atoms with Crippen LogP contribution in [0.25, 0.3) is 0 Å². The quantitative estimate of drug-likeness (QED) is 0.790. The molecule has 120 valence electrons. The van der Waals surface area contributed by atoms with Gasteiger partial charge in [-0.2, -0.15) is 11.8 Å². The van der Waals surface area contributed by atoms with Crippen LogP contribution in [0.3, 0.4) is 0 Å². The second-order valence-electron chi connectivity index (χ2n) is 5.90. The van der Waals surface area contributed by atoms with Crippen LogP contribution in [0, 0.1) is 5.92 Å². The Kier molecular flexibility index (Phi) is 6.83. The maximum absolute atomic E-state index is 12.4. The molecule has 0 aromatic carbocycles. The van der Waals surface area contributed by atoms with E-state index in [4.69, 9.17) is 0 Å². The number of carbonyl (C=O) groups is 2. The van der Waals surface area contributed by atoms with Crippen molar-refractivity contribution in [1.82, 2.24) is 15.5 Å². The van der Waals surface area contributed by atoms with Gasteiger partial charge in [0, 0.05) is 50.1 Å².